The van der Waals surface area contributed by atoms with Crippen LogP contribution in [0.3, 0.4) is 0 Å². The van der Waals surface area contributed by atoms with Gasteiger partial charge in [0.15, 0.2) is 0 Å². The Labute approximate surface area is 56.8 Å². The molecular weight excluding hydrogens is 140 g/mol. The molecule has 0 rings (SSSR count). The van der Waals surface area contributed by atoms with E-state index >= 15 is 0 Å². The van der Waals surface area contributed by atoms with Crippen molar-refractivity contribution in [2.75, 3.05) is 0 Å². The van der Waals surface area contributed by atoms with Crippen LogP contribution in [0.25, 0.3) is 10.4 Å². The Hall–Kier alpha value is -0.720. The number of azide groups is 1. The second-order valence-electron chi connectivity index (χ2n) is 1.52. The molecule has 9 heteroatoms. The van der Waals surface area contributed by atoms with Gasteiger partial charge in [-0.1, -0.05) is 5.11 Å². The lowest BCUT2D eigenvalue weighted by Crippen LogP contribution is -2.42. The number of hydrogen-bond donors (Lipinski definition) is 4. The Morgan fingerprint density at radius 2 is 1.60 bits per heavy atom. The lowest BCUT2D eigenvalue weighted by Gasteiger charge is -2.05. The summed E-state index contributed by atoms with van der Waals surface area (Å²) < 4.78 is 0. The molecule has 0 atom stereocenters. The van der Waals surface area contributed by atoms with Gasteiger partial charge in [0.1, 0.15) is 5.84 Å². The zero-order chi connectivity index (χ0) is 8.15. The molecular formula is CH5B2N3O4. The fourth-order valence-corrected chi connectivity index (χ4v) is 0.333. The minimum atomic E-state index is -2.06. The molecule has 0 amide bonds. The molecule has 0 spiro atoms. The highest BCUT2D eigenvalue weighted by Gasteiger charge is 2.33. The molecule has 0 aromatic heterocycles. The second kappa shape index (κ2) is 4.15. The van der Waals surface area contributed by atoms with Crippen LogP contribution in [0.2, 0.25) is 0 Å². The number of nitrogens with zero attached hydrogens (tertiary/aromatic N) is 3. The van der Waals surface area contributed by atoms with Gasteiger partial charge in [-0.15, -0.1) is 0 Å². The average molecular weight is 145 g/mol. The van der Waals surface area contributed by atoms with Gasteiger partial charge in [-0.25, -0.2) is 0 Å². The summed E-state index contributed by atoms with van der Waals surface area (Å²) in [6.07, 6.45) is 0. The molecule has 0 fully saturated rings. The molecule has 0 aliphatic heterocycles. The molecule has 10 heavy (non-hydrogen) atoms. The highest BCUT2D eigenvalue weighted by molar-refractivity contribution is 6.65. The molecule has 0 aromatic rings. The molecule has 0 aliphatic rings. The molecule has 0 aliphatic carbocycles. The highest BCUT2D eigenvalue weighted by atomic mass is 16.4. The zero-order valence-electron chi connectivity index (χ0n) is 4.86. The van der Waals surface area contributed by atoms with Crippen LogP contribution in [0, 0.1) is 0 Å². The van der Waals surface area contributed by atoms with Crippen LogP contribution in [-0.4, -0.2) is 40.2 Å². The van der Waals surface area contributed by atoms with Gasteiger partial charge in [0, 0.05) is 4.91 Å². The van der Waals surface area contributed by atoms with Gasteiger partial charge in [-0.3, -0.25) is 0 Å². The first-order valence-corrected chi connectivity index (χ1v) is 2.36. The third kappa shape index (κ3) is 2.72. The Balaban J connectivity index is 4.11. The summed E-state index contributed by atoms with van der Waals surface area (Å²) in [6.45, 7) is 0. The Bertz CT molecular complexity index is 135. The second-order valence-corrected chi connectivity index (χ2v) is 1.52. The molecule has 0 saturated carbocycles. The molecule has 0 bridgehead atoms. The van der Waals surface area contributed by atoms with Crippen molar-refractivity contribution in [3.63, 3.8) is 0 Å². The van der Waals surface area contributed by atoms with Crippen molar-refractivity contribution in [1.82, 2.24) is 0 Å². The largest absolute Gasteiger partial charge is 0.458 e. The predicted octanol–water partition coefficient (Wildman–Crippen LogP) is -2.31. The van der Waals surface area contributed by atoms with E-state index in [-0.39, 0.29) is 0 Å². The summed E-state index contributed by atoms with van der Waals surface area (Å²) in [7, 11) is -4.12. The highest BCUT2D eigenvalue weighted by Crippen LogP contribution is 1.94. The van der Waals surface area contributed by atoms with E-state index in [9.17, 15) is 0 Å². The molecule has 0 radical (unpaired) electrons. The first-order valence-electron chi connectivity index (χ1n) is 2.36. The van der Waals surface area contributed by atoms with Gasteiger partial charge in [0.2, 0.25) is 0 Å². The van der Waals surface area contributed by atoms with Gasteiger partial charge in [-0.2, -0.15) is 0 Å². The minimum absolute atomic E-state index is 1.63. The molecule has 0 aromatic carbocycles. The van der Waals surface area contributed by atoms with Crippen molar-refractivity contribution in [1.29, 1.82) is 0 Å². The quantitative estimate of drug-likeness (QED) is 0.154. The molecule has 4 N–H and O–H groups in total. The smallest absolute Gasteiger partial charge is 0.427 e. The summed E-state index contributed by atoms with van der Waals surface area (Å²) in [6, 6.07) is 0. The fourth-order valence-electron chi connectivity index (χ4n) is 0.333. The maximum absolute atomic E-state index is 8.28. The maximum Gasteiger partial charge on any atom is 0.458 e. The summed E-state index contributed by atoms with van der Waals surface area (Å²) in [5.74, 6) is -1.63. The van der Waals surface area contributed by atoms with E-state index in [1.165, 1.54) is 0 Å². The van der Waals surface area contributed by atoms with Crippen LogP contribution in [0.15, 0.2) is 5.11 Å². The molecule has 0 heterocycles. The Kier molecular flexibility index (Phi) is 3.85. The monoisotopic (exact) mass is 145 g/mol. The van der Waals surface area contributed by atoms with Gasteiger partial charge in [-0.05, 0) is 5.53 Å². The first kappa shape index (κ1) is 9.28. The van der Waals surface area contributed by atoms with E-state index in [0.29, 0.717) is 0 Å². The van der Waals surface area contributed by atoms with Crippen molar-refractivity contribution in [2.45, 2.75) is 5.84 Å². The van der Waals surface area contributed by atoms with E-state index in [2.05, 4.69) is 10.0 Å². The Morgan fingerprint density at radius 1 is 1.20 bits per heavy atom. The van der Waals surface area contributed by atoms with Crippen LogP contribution >= 0.6 is 0 Å². The average Bonchev–Trinajstić information content (AvgIpc) is 1.81. The SMILES string of the molecule is [N-]=[N+]=NC(B(O)O)B(O)O. The van der Waals surface area contributed by atoms with Gasteiger partial charge >= 0.3 is 14.2 Å². The van der Waals surface area contributed by atoms with E-state index in [1.807, 2.05) is 0 Å². The lowest BCUT2D eigenvalue weighted by molar-refractivity contribution is 0.362. The fraction of sp³-hybridized carbons (Fsp3) is 1.00. The van der Waals surface area contributed by atoms with Crippen LogP contribution in [0.4, 0.5) is 0 Å². The maximum atomic E-state index is 8.28. The van der Waals surface area contributed by atoms with E-state index < -0.39 is 20.1 Å². The van der Waals surface area contributed by atoms with Crippen molar-refractivity contribution < 1.29 is 20.1 Å². The third-order valence-corrected chi connectivity index (χ3v) is 0.796. The number of rotatable bonds is 3. The minimum Gasteiger partial charge on any atom is -0.427 e. The van der Waals surface area contributed by atoms with E-state index in [1.54, 1.807) is 0 Å². The number of hydrogen-bond acceptors (Lipinski definition) is 5. The summed E-state index contributed by atoms with van der Waals surface area (Å²) >= 11 is 0. The van der Waals surface area contributed by atoms with Crippen molar-refractivity contribution in [3.8, 4) is 0 Å². The molecule has 0 saturated heterocycles. The summed E-state index contributed by atoms with van der Waals surface area (Å²) in [5, 5.41) is 35.8. The first-order chi connectivity index (χ1) is 4.59. The van der Waals surface area contributed by atoms with Crippen molar-refractivity contribution >= 4 is 14.2 Å². The molecule has 54 valence electrons. The zero-order valence-corrected chi connectivity index (χ0v) is 4.86. The van der Waals surface area contributed by atoms with Crippen LogP contribution < -0.4 is 0 Å². The van der Waals surface area contributed by atoms with Crippen LogP contribution in [0.5, 0.6) is 0 Å². The van der Waals surface area contributed by atoms with Gasteiger partial charge < -0.3 is 20.1 Å². The topological polar surface area (TPSA) is 130 Å². The third-order valence-electron chi connectivity index (χ3n) is 0.796. The normalized spacial score (nSPS) is 8.90. The summed E-state index contributed by atoms with van der Waals surface area (Å²) in [4.78, 5) is 2.16. The van der Waals surface area contributed by atoms with Gasteiger partial charge in [0.05, 0.1) is 0 Å². The molecule has 0 unspecified atom stereocenters. The van der Waals surface area contributed by atoms with Crippen molar-refractivity contribution in [3.05, 3.63) is 10.4 Å². The van der Waals surface area contributed by atoms with Crippen LogP contribution in [0.1, 0.15) is 0 Å². The van der Waals surface area contributed by atoms with Gasteiger partial charge in [0.25, 0.3) is 0 Å². The lowest BCUT2D eigenvalue weighted by atomic mass is 9.59. The Morgan fingerprint density at radius 3 is 1.70 bits per heavy atom. The van der Waals surface area contributed by atoms with Crippen molar-refractivity contribution in [2.24, 2.45) is 5.11 Å². The van der Waals surface area contributed by atoms with E-state index in [0.717, 1.165) is 0 Å². The predicted molar refractivity (Wildman–Crippen MR) is 33.3 cm³/mol. The summed E-state index contributed by atoms with van der Waals surface area (Å²) in [5.41, 5.74) is 7.75. The standard InChI is InChI=1S/CH5B2N3O4/c4-6-5-1(2(7)8)3(9)10/h1,7-10H. The molecule has 7 nitrogen and oxygen atoms in total. The van der Waals surface area contributed by atoms with Crippen LogP contribution in [-0.2, 0) is 0 Å². The van der Waals surface area contributed by atoms with E-state index in [4.69, 9.17) is 25.6 Å².